The summed E-state index contributed by atoms with van der Waals surface area (Å²) in [5, 5.41) is 0. The Kier molecular flexibility index (Phi) is 7.32. The van der Waals surface area contributed by atoms with Crippen molar-refractivity contribution in [3.63, 3.8) is 0 Å². The van der Waals surface area contributed by atoms with Crippen molar-refractivity contribution in [2.75, 3.05) is 44.9 Å². The zero-order valence-electron chi connectivity index (χ0n) is 18.8. The van der Waals surface area contributed by atoms with Gasteiger partial charge in [0.2, 0.25) is 26.0 Å². The first-order valence-corrected chi connectivity index (χ1v) is 13.1. The molecule has 180 valence electrons. The Labute approximate surface area is 194 Å². The molecule has 0 aliphatic carbocycles. The zero-order chi connectivity index (χ0) is 24.4. The van der Waals surface area contributed by atoms with Crippen LogP contribution in [0.5, 0.6) is 11.5 Å². The van der Waals surface area contributed by atoms with Gasteiger partial charge in [0.05, 0.1) is 25.7 Å². The second kappa shape index (κ2) is 9.67. The smallest absolute Gasteiger partial charge is 0.244 e. The van der Waals surface area contributed by atoms with Crippen LogP contribution in [0.1, 0.15) is 18.0 Å². The van der Waals surface area contributed by atoms with Crippen LogP contribution in [0.3, 0.4) is 0 Å². The highest BCUT2D eigenvalue weighted by atomic mass is 32.2. The van der Waals surface area contributed by atoms with Crippen molar-refractivity contribution < 1.29 is 31.1 Å². The monoisotopic (exact) mass is 497 g/mol. The molecule has 12 heteroatoms. The fraction of sp³-hybridized carbons (Fsp3) is 0.381. The van der Waals surface area contributed by atoms with Gasteiger partial charge in [0.25, 0.3) is 0 Å². The number of anilines is 1. The Hall–Kier alpha value is -2.67. The summed E-state index contributed by atoms with van der Waals surface area (Å²) in [4.78, 5) is 13.7. The molecule has 1 aliphatic rings. The molecular formula is C21H27N3O7S2. The van der Waals surface area contributed by atoms with Crippen LogP contribution < -0.4 is 18.5 Å². The number of carbonyl (C=O) groups excluding carboxylic acids is 1. The average Bonchev–Trinajstić information content (AvgIpc) is 3.05. The molecule has 1 fully saturated rings. The third-order valence-electron chi connectivity index (χ3n) is 5.34. The van der Waals surface area contributed by atoms with Crippen molar-refractivity contribution in [2.45, 2.75) is 17.4 Å². The van der Waals surface area contributed by atoms with Gasteiger partial charge in [0.1, 0.15) is 16.4 Å². The maximum atomic E-state index is 13.2. The first kappa shape index (κ1) is 25.0. The average molecular weight is 498 g/mol. The highest BCUT2D eigenvalue weighted by Gasteiger charge is 2.37. The topological polar surface area (TPSA) is 122 Å². The summed E-state index contributed by atoms with van der Waals surface area (Å²) in [5.74, 6) is -0.209. The predicted octanol–water partition coefficient (Wildman–Crippen LogP) is 1.35. The van der Waals surface area contributed by atoms with E-state index in [2.05, 4.69) is 4.72 Å². The highest BCUT2D eigenvalue weighted by molar-refractivity contribution is 7.94. The number of hydrogen-bond donors (Lipinski definition) is 1. The lowest BCUT2D eigenvalue weighted by molar-refractivity contribution is -0.116. The van der Waals surface area contributed by atoms with Crippen LogP contribution in [0.25, 0.3) is 0 Å². The van der Waals surface area contributed by atoms with Crippen LogP contribution in [-0.4, -0.2) is 68.3 Å². The second-order valence-corrected chi connectivity index (χ2v) is 11.3. The van der Waals surface area contributed by atoms with E-state index in [-0.39, 0.29) is 41.1 Å². The third-order valence-corrected chi connectivity index (χ3v) is 8.48. The summed E-state index contributed by atoms with van der Waals surface area (Å²) < 4.78 is 64.5. The summed E-state index contributed by atoms with van der Waals surface area (Å²) in [5.41, 5.74) is 0.830. The molecule has 0 spiro atoms. The first-order valence-electron chi connectivity index (χ1n) is 10.0. The Balaban J connectivity index is 1.91. The van der Waals surface area contributed by atoms with Crippen LogP contribution in [0.2, 0.25) is 0 Å². The molecule has 1 heterocycles. The van der Waals surface area contributed by atoms with Gasteiger partial charge in [-0.2, -0.15) is 0 Å². The number of likely N-dealkylation sites (N-methyl/N-ethyl adjacent to an activating group) is 1. The van der Waals surface area contributed by atoms with E-state index in [1.54, 1.807) is 19.2 Å². The highest BCUT2D eigenvalue weighted by Crippen LogP contribution is 2.33. The van der Waals surface area contributed by atoms with Crippen LogP contribution in [-0.2, 0) is 24.8 Å². The number of nitrogens with one attached hydrogen (secondary N) is 1. The van der Waals surface area contributed by atoms with Gasteiger partial charge < -0.3 is 14.4 Å². The van der Waals surface area contributed by atoms with Crippen LogP contribution in [0, 0.1) is 0 Å². The van der Waals surface area contributed by atoms with Gasteiger partial charge >= 0.3 is 0 Å². The quantitative estimate of drug-likeness (QED) is 0.551. The number of amides is 1. The number of carbonyl (C=O) groups is 1. The molecule has 10 nitrogen and oxygen atoms in total. The van der Waals surface area contributed by atoms with Gasteiger partial charge in [-0.05, 0) is 50.0 Å². The van der Waals surface area contributed by atoms with Crippen molar-refractivity contribution in [3.05, 3.63) is 48.0 Å². The maximum Gasteiger partial charge on any atom is 0.244 e. The van der Waals surface area contributed by atoms with E-state index in [9.17, 15) is 21.6 Å². The van der Waals surface area contributed by atoms with E-state index in [1.807, 2.05) is 31.1 Å². The summed E-state index contributed by atoms with van der Waals surface area (Å²) >= 11 is 0. The van der Waals surface area contributed by atoms with E-state index < -0.39 is 26.0 Å². The number of rotatable bonds is 9. The molecular weight excluding hydrogens is 470 g/mol. The summed E-state index contributed by atoms with van der Waals surface area (Å²) in [6, 6.07) is 10.8. The van der Waals surface area contributed by atoms with Gasteiger partial charge in [0.15, 0.2) is 0 Å². The predicted molar refractivity (Wildman–Crippen MR) is 123 cm³/mol. The normalized spacial score (nSPS) is 16.8. The molecule has 1 saturated heterocycles. The lowest BCUT2D eigenvalue weighted by atomic mass is 10.1. The lowest BCUT2D eigenvalue weighted by Gasteiger charge is -2.25. The van der Waals surface area contributed by atoms with Gasteiger partial charge in [-0.3, -0.25) is 4.79 Å². The molecule has 3 rings (SSSR count). The Bertz CT molecular complexity index is 1230. The van der Waals surface area contributed by atoms with E-state index in [0.717, 1.165) is 11.6 Å². The number of hydrogen-bond acceptors (Lipinski definition) is 8. The zero-order valence-corrected chi connectivity index (χ0v) is 20.4. The van der Waals surface area contributed by atoms with Crippen LogP contribution in [0.15, 0.2) is 47.4 Å². The van der Waals surface area contributed by atoms with E-state index in [4.69, 9.17) is 9.47 Å². The number of benzene rings is 2. The lowest BCUT2D eigenvalue weighted by Crippen LogP contribution is -2.35. The van der Waals surface area contributed by atoms with Crippen LogP contribution in [0.4, 0.5) is 5.69 Å². The minimum absolute atomic E-state index is 0.0288. The van der Waals surface area contributed by atoms with Crippen molar-refractivity contribution >= 4 is 31.6 Å². The second-order valence-electron chi connectivity index (χ2n) is 7.66. The molecule has 1 atom stereocenters. The Morgan fingerprint density at radius 1 is 1.09 bits per heavy atom. The van der Waals surface area contributed by atoms with E-state index in [0.29, 0.717) is 10.1 Å². The molecule has 33 heavy (non-hydrogen) atoms. The molecule has 0 bridgehead atoms. The molecule has 2 aromatic carbocycles. The molecule has 1 amide bonds. The number of methoxy groups -OCH3 is 2. The largest absolute Gasteiger partial charge is 0.497 e. The van der Waals surface area contributed by atoms with Crippen molar-refractivity contribution in [1.82, 2.24) is 9.62 Å². The van der Waals surface area contributed by atoms with Gasteiger partial charge in [-0.25, -0.2) is 25.9 Å². The minimum atomic E-state index is -4.12. The molecule has 0 aromatic heterocycles. The fourth-order valence-electron chi connectivity index (χ4n) is 3.56. The van der Waals surface area contributed by atoms with E-state index in [1.165, 1.54) is 19.2 Å². The summed E-state index contributed by atoms with van der Waals surface area (Å²) in [6.07, 6.45) is -0.152. The fourth-order valence-corrected chi connectivity index (χ4v) is 6.24. The third kappa shape index (κ3) is 5.29. The first-order chi connectivity index (χ1) is 15.5. The summed E-state index contributed by atoms with van der Waals surface area (Å²) in [6.45, 7) is 0.0377. The minimum Gasteiger partial charge on any atom is -0.497 e. The molecule has 0 radical (unpaired) electrons. The Morgan fingerprint density at radius 3 is 2.27 bits per heavy atom. The number of sulfonamides is 2. The number of nitrogens with zero attached hydrogens (tertiary/aromatic N) is 2. The van der Waals surface area contributed by atoms with E-state index >= 15 is 0 Å². The van der Waals surface area contributed by atoms with Crippen molar-refractivity contribution in [3.8, 4) is 11.5 Å². The molecule has 1 aliphatic heterocycles. The Morgan fingerprint density at radius 2 is 1.76 bits per heavy atom. The van der Waals surface area contributed by atoms with Crippen molar-refractivity contribution in [2.24, 2.45) is 0 Å². The number of ether oxygens (including phenoxy) is 2. The molecule has 0 saturated carbocycles. The maximum absolute atomic E-state index is 13.2. The van der Waals surface area contributed by atoms with Gasteiger partial charge in [0, 0.05) is 19.0 Å². The SMILES string of the molecule is COc1ccc([C@H](CNS(=O)(=O)c2cc(N3C(=O)CCS3(=O)=O)ccc2OC)N(C)C)cc1. The van der Waals surface area contributed by atoms with Crippen LogP contribution >= 0.6 is 0 Å². The molecule has 1 N–H and O–H groups in total. The summed E-state index contributed by atoms with van der Waals surface area (Å²) in [7, 11) is -1.43. The standard InChI is InChI=1S/C21H27N3O7S2/c1-23(2)18(15-5-8-17(30-3)9-6-15)14-22-33(28,29)20-13-16(7-10-19(20)31-4)24-21(25)11-12-32(24,26)27/h5-10,13,18,22H,11-12,14H2,1-4H3/t18-/m0/s1. The van der Waals surface area contributed by atoms with Crippen molar-refractivity contribution in [1.29, 1.82) is 0 Å². The van der Waals surface area contributed by atoms with Gasteiger partial charge in [-0.15, -0.1) is 0 Å². The van der Waals surface area contributed by atoms with Gasteiger partial charge in [-0.1, -0.05) is 12.1 Å². The molecule has 0 unspecified atom stereocenters. The molecule has 2 aromatic rings.